The first-order valence-corrected chi connectivity index (χ1v) is 7.59. The molecule has 2 fully saturated rings. The average Bonchev–Trinajstić information content (AvgIpc) is 2.45. The Hall–Kier alpha value is -1.13. The summed E-state index contributed by atoms with van der Waals surface area (Å²) >= 11 is 0. The quantitative estimate of drug-likeness (QED) is 0.918. The van der Waals surface area contributed by atoms with Gasteiger partial charge in [0.2, 0.25) is 0 Å². The van der Waals surface area contributed by atoms with Crippen LogP contribution in [0.5, 0.6) is 0 Å². The molecular weight excluding hydrogens is 253 g/mol. The second-order valence-electron chi connectivity index (χ2n) is 6.39. The molecule has 3 rings (SSSR count). The molecule has 1 saturated heterocycles. The molecule has 20 heavy (non-hydrogen) atoms. The van der Waals surface area contributed by atoms with E-state index in [-0.39, 0.29) is 11.4 Å². The summed E-state index contributed by atoms with van der Waals surface area (Å²) in [4.78, 5) is 4.91. The lowest BCUT2D eigenvalue weighted by atomic mass is 9.68. The Kier molecular flexibility index (Phi) is 3.69. The van der Waals surface area contributed by atoms with Gasteiger partial charge in [-0.2, -0.15) is 0 Å². The van der Waals surface area contributed by atoms with Crippen LogP contribution < -0.4 is 10.6 Å². The van der Waals surface area contributed by atoms with Gasteiger partial charge in [-0.3, -0.25) is 4.90 Å². The number of nitrogens with two attached hydrogens (primary N) is 1. The van der Waals surface area contributed by atoms with E-state index in [1.165, 1.54) is 25.0 Å². The highest BCUT2D eigenvalue weighted by Crippen LogP contribution is 2.42. The molecule has 0 aromatic heterocycles. The zero-order valence-corrected chi connectivity index (χ0v) is 12.2. The topological polar surface area (TPSA) is 32.5 Å². The molecule has 110 valence electrons. The standard InChI is InChI=1S/C16H24FN3/c1-13-10-16(11-13,12-18)20-8-6-19(7-9-20)15-4-2-14(17)3-5-15/h2-5,13H,6-12,18H2,1H3. The highest BCUT2D eigenvalue weighted by Gasteiger charge is 2.46. The zero-order chi connectivity index (χ0) is 14.2. The van der Waals surface area contributed by atoms with Crippen LogP contribution in [0.4, 0.5) is 10.1 Å². The van der Waals surface area contributed by atoms with Crippen molar-refractivity contribution in [2.45, 2.75) is 25.3 Å². The van der Waals surface area contributed by atoms with Crippen LogP contribution in [-0.2, 0) is 0 Å². The maximum Gasteiger partial charge on any atom is 0.123 e. The van der Waals surface area contributed by atoms with Crippen molar-refractivity contribution in [3.05, 3.63) is 30.1 Å². The lowest BCUT2D eigenvalue weighted by molar-refractivity contribution is -0.0158. The fourth-order valence-electron chi connectivity index (χ4n) is 3.88. The molecule has 0 radical (unpaired) electrons. The van der Waals surface area contributed by atoms with E-state index in [1.54, 1.807) is 0 Å². The van der Waals surface area contributed by atoms with Crippen LogP contribution in [0.1, 0.15) is 19.8 Å². The summed E-state index contributed by atoms with van der Waals surface area (Å²) in [5.74, 6) is 0.645. The third kappa shape index (κ3) is 2.42. The summed E-state index contributed by atoms with van der Waals surface area (Å²) < 4.78 is 13.0. The van der Waals surface area contributed by atoms with E-state index in [4.69, 9.17) is 5.73 Å². The summed E-state index contributed by atoms with van der Waals surface area (Å²) in [6.07, 6.45) is 2.47. The number of hydrogen-bond acceptors (Lipinski definition) is 3. The first-order chi connectivity index (χ1) is 9.63. The molecule has 0 spiro atoms. The average molecular weight is 277 g/mol. The molecule has 1 aliphatic heterocycles. The molecule has 0 unspecified atom stereocenters. The fourth-order valence-corrected chi connectivity index (χ4v) is 3.88. The van der Waals surface area contributed by atoms with Crippen molar-refractivity contribution in [3.63, 3.8) is 0 Å². The van der Waals surface area contributed by atoms with Crippen molar-refractivity contribution in [2.75, 3.05) is 37.6 Å². The van der Waals surface area contributed by atoms with Crippen LogP contribution in [0, 0.1) is 11.7 Å². The van der Waals surface area contributed by atoms with Gasteiger partial charge in [0.05, 0.1) is 0 Å². The maximum absolute atomic E-state index is 13.0. The molecule has 2 aliphatic rings. The summed E-state index contributed by atoms with van der Waals surface area (Å²) in [6.45, 7) is 7.20. The Bertz CT molecular complexity index is 445. The van der Waals surface area contributed by atoms with Crippen molar-refractivity contribution in [2.24, 2.45) is 11.7 Å². The van der Waals surface area contributed by atoms with Crippen molar-refractivity contribution in [1.82, 2.24) is 4.90 Å². The highest BCUT2D eigenvalue weighted by atomic mass is 19.1. The van der Waals surface area contributed by atoms with Crippen molar-refractivity contribution >= 4 is 5.69 Å². The first-order valence-electron chi connectivity index (χ1n) is 7.59. The van der Waals surface area contributed by atoms with Crippen molar-refractivity contribution in [3.8, 4) is 0 Å². The number of hydrogen-bond donors (Lipinski definition) is 1. The first kappa shape index (κ1) is 13.8. The summed E-state index contributed by atoms with van der Waals surface area (Å²) in [5.41, 5.74) is 7.41. The number of nitrogens with zero attached hydrogens (tertiary/aromatic N) is 2. The van der Waals surface area contributed by atoms with Crippen LogP contribution in [0.15, 0.2) is 24.3 Å². The number of benzene rings is 1. The fraction of sp³-hybridized carbons (Fsp3) is 0.625. The molecule has 2 N–H and O–H groups in total. The molecule has 0 atom stereocenters. The molecule has 0 bridgehead atoms. The molecule has 4 heteroatoms. The molecule has 1 aromatic carbocycles. The third-order valence-electron chi connectivity index (χ3n) is 4.98. The largest absolute Gasteiger partial charge is 0.369 e. The van der Waals surface area contributed by atoms with Gasteiger partial charge in [-0.15, -0.1) is 0 Å². The SMILES string of the molecule is CC1CC(CN)(N2CCN(c3ccc(F)cc3)CC2)C1. The maximum atomic E-state index is 13.0. The number of anilines is 1. The molecule has 0 amide bonds. The van der Waals surface area contributed by atoms with Crippen LogP contribution in [0.3, 0.4) is 0 Å². The number of piperazine rings is 1. The van der Waals surface area contributed by atoms with E-state index in [0.29, 0.717) is 0 Å². The van der Waals surface area contributed by atoms with Gasteiger partial charge in [0.1, 0.15) is 5.82 Å². The summed E-state index contributed by atoms with van der Waals surface area (Å²) in [7, 11) is 0. The minimum atomic E-state index is -0.169. The Morgan fingerprint density at radius 1 is 1.15 bits per heavy atom. The second-order valence-corrected chi connectivity index (χ2v) is 6.39. The monoisotopic (exact) mass is 277 g/mol. The Morgan fingerprint density at radius 2 is 1.75 bits per heavy atom. The molecule has 1 aliphatic carbocycles. The van der Waals surface area contributed by atoms with E-state index < -0.39 is 0 Å². The number of halogens is 1. The van der Waals surface area contributed by atoms with E-state index in [1.807, 2.05) is 12.1 Å². The molecular formula is C16H24FN3. The minimum absolute atomic E-state index is 0.169. The minimum Gasteiger partial charge on any atom is -0.369 e. The second kappa shape index (κ2) is 5.34. The van der Waals surface area contributed by atoms with Gasteiger partial charge in [-0.25, -0.2) is 4.39 Å². The summed E-state index contributed by atoms with van der Waals surface area (Å²) in [5, 5.41) is 0. The third-order valence-corrected chi connectivity index (χ3v) is 4.98. The Morgan fingerprint density at radius 3 is 2.25 bits per heavy atom. The lowest BCUT2D eigenvalue weighted by Gasteiger charge is -2.55. The normalized spacial score (nSPS) is 31.1. The van der Waals surface area contributed by atoms with Crippen molar-refractivity contribution < 1.29 is 4.39 Å². The van der Waals surface area contributed by atoms with E-state index in [0.717, 1.165) is 44.3 Å². The van der Waals surface area contributed by atoms with Gasteiger partial charge in [-0.05, 0) is 43.0 Å². The van der Waals surface area contributed by atoms with Crippen LogP contribution in [0.2, 0.25) is 0 Å². The van der Waals surface area contributed by atoms with Gasteiger partial charge >= 0.3 is 0 Å². The lowest BCUT2D eigenvalue weighted by Crippen LogP contribution is -2.65. The van der Waals surface area contributed by atoms with Crippen LogP contribution >= 0.6 is 0 Å². The van der Waals surface area contributed by atoms with Crippen LogP contribution in [0.25, 0.3) is 0 Å². The molecule has 1 saturated carbocycles. The Balaban J connectivity index is 1.61. The van der Waals surface area contributed by atoms with Gasteiger partial charge in [0.15, 0.2) is 0 Å². The predicted octanol–water partition coefficient (Wildman–Crippen LogP) is 2.08. The molecule has 1 heterocycles. The van der Waals surface area contributed by atoms with Gasteiger partial charge < -0.3 is 10.6 Å². The smallest absolute Gasteiger partial charge is 0.123 e. The highest BCUT2D eigenvalue weighted by molar-refractivity contribution is 5.46. The van der Waals surface area contributed by atoms with E-state index >= 15 is 0 Å². The Labute approximate surface area is 120 Å². The van der Waals surface area contributed by atoms with Gasteiger partial charge in [0, 0.05) is 44.0 Å². The zero-order valence-electron chi connectivity index (χ0n) is 12.2. The predicted molar refractivity (Wildman–Crippen MR) is 80.4 cm³/mol. The van der Waals surface area contributed by atoms with E-state index in [9.17, 15) is 4.39 Å². The molecule has 1 aromatic rings. The van der Waals surface area contributed by atoms with Gasteiger partial charge in [0.25, 0.3) is 0 Å². The van der Waals surface area contributed by atoms with Crippen molar-refractivity contribution in [1.29, 1.82) is 0 Å². The summed E-state index contributed by atoms with van der Waals surface area (Å²) in [6, 6.07) is 6.82. The van der Waals surface area contributed by atoms with Crippen LogP contribution in [-0.4, -0.2) is 43.2 Å². The van der Waals surface area contributed by atoms with Gasteiger partial charge in [-0.1, -0.05) is 6.92 Å². The number of rotatable bonds is 3. The molecule has 3 nitrogen and oxygen atoms in total. The van der Waals surface area contributed by atoms with E-state index in [2.05, 4.69) is 16.7 Å².